The maximum absolute atomic E-state index is 13.8. The number of rotatable bonds is 6. The smallest absolute Gasteiger partial charge is 0.216 e. The van der Waals surface area contributed by atoms with Crippen LogP contribution >= 0.6 is 0 Å². The number of hydrogen-bond acceptors (Lipinski definition) is 3. The number of ether oxygens (including phenoxy) is 1. The summed E-state index contributed by atoms with van der Waals surface area (Å²) in [6.45, 7) is 3.62. The Morgan fingerprint density at radius 3 is 2.68 bits per heavy atom. The molecule has 22 heavy (non-hydrogen) atoms. The van der Waals surface area contributed by atoms with Gasteiger partial charge in [-0.1, -0.05) is 6.92 Å². The molecule has 1 aromatic heterocycles. The minimum Gasteiger partial charge on any atom is -0.494 e. The van der Waals surface area contributed by atoms with Crippen molar-refractivity contribution >= 4 is 22.6 Å². The Kier molecular flexibility index (Phi) is 4.80. The lowest BCUT2D eigenvalue weighted by molar-refractivity contribution is -0.118. The number of methoxy groups -OCH3 is 1. The van der Waals surface area contributed by atoms with Gasteiger partial charge >= 0.3 is 0 Å². The van der Waals surface area contributed by atoms with Gasteiger partial charge in [-0.3, -0.25) is 9.59 Å². The number of benzene rings is 1. The van der Waals surface area contributed by atoms with Gasteiger partial charge in [0.1, 0.15) is 0 Å². The zero-order valence-corrected chi connectivity index (χ0v) is 12.9. The molecule has 0 saturated carbocycles. The number of carbonyl (C=O) groups excluding carboxylic acids is 2. The number of halogens is 1. The first kappa shape index (κ1) is 16.0. The van der Waals surface area contributed by atoms with Crippen LogP contribution in [0.5, 0.6) is 5.75 Å². The second-order valence-corrected chi connectivity index (χ2v) is 5.02. The summed E-state index contributed by atoms with van der Waals surface area (Å²) in [6, 6.07) is 2.90. The van der Waals surface area contributed by atoms with Crippen LogP contribution in [-0.2, 0) is 11.2 Å². The molecule has 0 saturated heterocycles. The fourth-order valence-corrected chi connectivity index (χ4v) is 2.45. The van der Waals surface area contributed by atoms with Crippen molar-refractivity contribution in [1.82, 2.24) is 10.3 Å². The summed E-state index contributed by atoms with van der Waals surface area (Å²) in [4.78, 5) is 26.1. The number of carbonyl (C=O) groups is 2. The third-order valence-electron chi connectivity index (χ3n) is 3.53. The molecule has 2 aromatic rings. The topological polar surface area (TPSA) is 71.2 Å². The van der Waals surface area contributed by atoms with Crippen LogP contribution in [0.1, 0.15) is 36.3 Å². The van der Waals surface area contributed by atoms with E-state index in [-0.39, 0.29) is 17.4 Å². The largest absolute Gasteiger partial charge is 0.494 e. The lowest BCUT2D eigenvalue weighted by atomic mass is 10.0. The summed E-state index contributed by atoms with van der Waals surface area (Å²) in [5.41, 5.74) is 1.79. The van der Waals surface area contributed by atoms with Crippen molar-refractivity contribution in [3.8, 4) is 5.75 Å². The van der Waals surface area contributed by atoms with E-state index in [1.165, 1.54) is 20.1 Å². The van der Waals surface area contributed by atoms with Gasteiger partial charge in [0, 0.05) is 36.9 Å². The quantitative estimate of drug-likeness (QED) is 0.806. The molecule has 1 heterocycles. The highest BCUT2D eigenvalue weighted by atomic mass is 19.1. The first-order valence-corrected chi connectivity index (χ1v) is 7.13. The SMILES string of the molecule is CCC(=O)c1[nH]c2cc(F)c(OC)cc2c1CCNC(C)=O. The molecule has 0 aliphatic rings. The summed E-state index contributed by atoms with van der Waals surface area (Å²) in [7, 11) is 1.39. The molecular formula is C16H19FN2O3. The van der Waals surface area contributed by atoms with Gasteiger partial charge in [-0.2, -0.15) is 0 Å². The van der Waals surface area contributed by atoms with Crippen LogP contribution in [-0.4, -0.2) is 30.3 Å². The van der Waals surface area contributed by atoms with E-state index in [4.69, 9.17) is 4.74 Å². The number of amides is 1. The summed E-state index contributed by atoms with van der Waals surface area (Å²) >= 11 is 0. The van der Waals surface area contributed by atoms with Gasteiger partial charge in [-0.25, -0.2) is 4.39 Å². The Labute approximate surface area is 127 Å². The Bertz CT molecular complexity index is 722. The number of nitrogens with one attached hydrogen (secondary N) is 2. The molecule has 0 bridgehead atoms. The van der Waals surface area contributed by atoms with Crippen LogP contribution in [0.2, 0.25) is 0 Å². The van der Waals surface area contributed by atoms with Crippen molar-refractivity contribution in [3.63, 3.8) is 0 Å². The third kappa shape index (κ3) is 3.10. The highest BCUT2D eigenvalue weighted by molar-refractivity contribution is 6.02. The summed E-state index contributed by atoms with van der Waals surface area (Å²) in [5.74, 6) is -0.539. The highest BCUT2D eigenvalue weighted by Gasteiger charge is 2.18. The van der Waals surface area contributed by atoms with E-state index < -0.39 is 5.82 Å². The average molecular weight is 306 g/mol. The van der Waals surface area contributed by atoms with E-state index in [9.17, 15) is 14.0 Å². The first-order chi connectivity index (χ1) is 10.5. The molecule has 118 valence electrons. The molecule has 2 N–H and O–H groups in total. The third-order valence-corrected chi connectivity index (χ3v) is 3.53. The summed E-state index contributed by atoms with van der Waals surface area (Å²) in [5, 5.41) is 3.44. The van der Waals surface area contributed by atoms with Crippen molar-refractivity contribution in [1.29, 1.82) is 0 Å². The fourth-order valence-electron chi connectivity index (χ4n) is 2.45. The minimum atomic E-state index is -0.486. The van der Waals surface area contributed by atoms with Crippen molar-refractivity contribution in [3.05, 3.63) is 29.2 Å². The van der Waals surface area contributed by atoms with E-state index in [2.05, 4.69) is 10.3 Å². The molecule has 0 spiro atoms. The van der Waals surface area contributed by atoms with Crippen LogP contribution < -0.4 is 10.1 Å². The Morgan fingerprint density at radius 1 is 1.36 bits per heavy atom. The van der Waals surface area contributed by atoms with Crippen LogP contribution in [0.4, 0.5) is 4.39 Å². The Morgan fingerprint density at radius 2 is 2.09 bits per heavy atom. The Hall–Kier alpha value is -2.37. The molecule has 2 rings (SSSR count). The van der Waals surface area contributed by atoms with E-state index in [1.807, 2.05) is 0 Å². The van der Waals surface area contributed by atoms with Gasteiger partial charge in [-0.15, -0.1) is 0 Å². The van der Waals surface area contributed by atoms with Crippen LogP contribution in [0.3, 0.4) is 0 Å². The van der Waals surface area contributed by atoms with Gasteiger partial charge in [-0.05, 0) is 18.1 Å². The number of Topliss-reactive ketones (excluding diaryl/α,β-unsaturated/α-hetero) is 1. The van der Waals surface area contributed by atoms with E-state index >= 15 is 0 Å². The summed E-state index contributed by atoms with van der Waals surface area (Å²) in [6.07, 6.45) is 0.828. The first-order valence-electron chi connectivity index (χ1n) is 7.13. The van der Waals surface area contributed by atoms with E-state index in [0.29, 0.717) is 30.6 Å². The van der Waals surface area contributed by atoms with Crippen molar-refractivity contribution < 1.29 is 18.7 Å². The van der Waals surface area contributed by atoms with Crippen molar-refractivity contribution in [2.45, 2.75) is 26.7 Å². The second-order valence-electron chi connectivity index (χ2n) is 5.02. The second kappa shape index (κ2) is 6.60. The standard InChI is InChI=1S/C16H19FN2O3/c1-4-14(21)16-10(5-6-18-9(2)20)11-7-15(22-3)12(17)8-13(11)19-16/h7-8,19H,4-6H2,1-3H3,(H,18,20). The average Bonchev–Trinajstić information content (AvgIpc) is 2.83. The molecule has 0 atom stereocenters. The highest BCUT2D eigenvalue weighted by Crippen LogP contribution is 2.30. The zero-order chi connectivity index (χ0) is 16.3. The van der Waals surface area contributed by atoms with Crippen LogP contribution in [0, 0.1) is 5.82 Å². The molecule has 0 radical (unpaired) electrons. The predicted molar refractivity (Wildman–Crippen MR) is 81.8 cm³/mol. The number of hydrogen-bond donors (Lipinski definition) is 2. The summed E-state index contributed by atoms with van der Waals surface area (Å²) < 4.78 is 18.8. The van der Waals surface area contributed by atoms with E-state index in [1.54, 1.807) is 13.0 Å². The van der Waals surface area contributed by atoms with Crippen LogP contribution in [0.25, 0.3) is 10.9 Å². The molecular weight excluding hydrogens is 287 g/mol. The van der Waals surface area contributed by atoms with E-state index in [0.717, 1.165) is 10.9 Å². The van der Waals surface area contributed by atoms with Gasteiger partial charge in [0.05, 0.1) is 12.8 Å². The molecule has 0 aliphatic heterocycles. The molecule has 1 aromatic carbocycles. The number of H-pyrrole nitrogens is 1. The zero-order valence-electron chi connectivity index (χ0n) is 12.9. The molecule has 5 nitrogen and oxygen atoms in total. The maximum atomic E-state index is 13.8. The van der Waals surface area contributed by atoms with Gasteiger partial charge < -0.3 is 15.0 Å². The Balaban J connectivity index is 2.51. The number of fused-ring (bicyclic) bond motifs is 1. The number of aromatic nitrogens is 1. The monoisotopic (exact) mass is 306 g/mol. The minimum absolute atomic E-state index is 0.0478. The maximum Gasteiger partial charge on any atom is 0.216 e. The lowest BCUT2D eigenvalue weighted by Crippen LogP contribution is -2.22. The van der Waals surface area contributed by atoms with Gasteiger partial charge in [0.2, 0.25) is 5.91 Å². The number of ketones is 1. The lowest BCUT2D eigenvalue weighted by Gasteiger charge is -2.06. The fraction of sp³-hybridized carbons (Fsp3) is 0.375. The van der Waals surface area contributed by atoms with Crippen molar-refractivity contribution in [2.24, 2.45) is 0 Å². The predicted octanol–water partition coefficient (Wildman–Crippen LogP) is 2.59. The van der Waals surface area contributed by atoms with Crippen LogP contribution in [0.15, 0.2) is 12.1 Å². The van der Waals surface area contributed by atoms with Gasteiger partial charge in [0.25, 0.3) is 0 Å². The molecule has 0 aliphatic carbocycles. The van der Waals surface area contributed by atoms with Crippen molar-refractivity contribution in [2.75, 3.05) is 13.7 Å². The molecule has 6 heteroatoms. The normalized spacial score (nSPS) is 10.7. The molecule has 0 unspecified atom stereocenters. The molecule has 1 amide bonds. The number of aromatic amines is 1. The molecule has 0 fully saturated rings. The van der Waals surface area contributed by atoms with Gasteiger partial charge in [0.15, 0.2) is 17.3 Å².